The zero-order valence-corrected chi connectivity index (χ0v) is 17.2. The lowest BCUT2D eigenvalue weighted by molar-refractivity contribution is -0.129. The van der Waals surface area contributed by atoms with Gasteiger partial charge in [-0.15, -0.1) is 0 Å². The topological polar surface area (TPSA) is 60.3 Å². The molecule has 1 aliphatic rings. The molecule has 0 radical (unpaired) electrons. The summed E-state index contributed by atoms with van der Waals surface area (Å²) in [6.45, 7) is 7.66. The molecule has 5 heteroatoms. The second-order valence-corrected chi connectivity index (χ2v) is 7.69. The molecule has 1 aliphatic carbocycles. The Morgan fingerprint density at radius 2 is 1.89 bits per heavy atom. The Morgan fingerprint density at radius 3 is 2.50 bits per heavy atom. The van der Waals surface area contributed by atoms with E-state index < -0.39 is 12.1 Å². The summed E-state index contributed by atoms with van der Waals surface area (Å²) < 4.78 is 7.70. The van der Waals surface area contributed by atoms with Crippen LogP contribution in [0.25, 0.3) is 0 Å². The van der Waals surface area contributed by atoms with Crippen LogP contribution in [0.4, 0.5) is 0 Å². The molecule has 1 N–H and O–H groups in total. The van der Waals surface area contributed by atoms with E-state index in [1.807, 2.05) is 50.2 Å². The fraction of sp³-hybridized carbons (Fsp3) is 0.478. The van der Waals surface area contributed by atoms with Crippen LogP contribution in [0.5, 0.6) is 0 Å². The van der Waals surface area contributed by atoms with Gasteiger partial charge in [0.2, 0.25) is 0 Å². The molecule has 0 unspecified atom stereocenters. The molecular weight excluding hydrogens is 352 g/mol. The Morgan fingerprint density at radius 1 is 1.21 bits per heavy atom. The van der Waals surface area contributed by atoms with Gasteiger partial charge >= 0.3 is 5.97 Å². The molecule has 5 nitrogen and oxygen atoms in total. The number of hydrogen-bond donors (Lipinski definition) is 1. The number of nitrogens with one attached hydrogen (secondary N) is 1. The first-order valence-electron chi connectivity index (χ1n) is 10.2. The molecule has 150 valence electrons. The monoisotopic (exact) mass is 382 g/mol. The molecule has 1 aromatic carbocycles. The summed E-state index contributed by atoms with van der Waals surface area (Å²) >= 11 is 0. The predicted octanol–water partition coefficient (Wildman–Crippen LogP) is 4.64. The summed E-state index contributed by atoms with van der Waals surface area (Å²) in [7, 11) is 0. The van der Waals surface area contributed by atoms with Crippen LogP contribution in [0.15, 0.2) is 36.4 Å². The van der Waals surface area contributed by atoms with Crippen molar-refractivity contribution >= 4 is 11.9 Å². The Bertz CT molecular complexity index is 837. The molecule has 0 aliphatic heterocycles. The first-order chi connectivity index (χ1) is 13.4. The summed E-state index contributed by atoms with van der Waals surface area (Å²) in [6.07, 6.45) is 3.24. The van der Waals surface area contributed by atoms with Crippen molar-refractivity contribution in [2.24, 2.45) is 0 Å². The lowest BCUT2D eigenvalue weighted by atomic mass is 10.0. The Hall–Kier alpha value is -2.56. The second kappa shape index (κ2) is 8.63. The number of aromatic nitrogens is 1. The Labute approximate surface area is 167 Å². The Balaban J connectivity index is 1.65. The summed E-state index contributed by atoms with van der Waals surface area (Å²) in [6, 6.07) is 12.2. The van der Waals surface area contributed by atoms with Crippen LogP contribution in [0, 0.1) is 13.8 Å². The van der Waals surface area contributed by atoms with Crippen LogP contribution in [0.3, 0.4) is 0 Å². The zero-order chi connectivity index (χ0) is 20.3. The average Bonchev–Trinajstić information content (AvgIpc) is 3.46. The number of rotatable bonds is 8. The van der Waals surface area contributed by atoms with E-state index in [1.165, 1.54) is 0 Å². The molecule has 3 rings (SSSR count). The molecule has 2 atom stereocenters. The highest BCUT2D eigenvalue weighted by molar-refractivity contribution is 5.93. The quantitative estimate of drug-likeness (QED) is 0.677. The summed E-state index contributed by atoms with van der Waals surface area (Å²) in [5.41, 5.74) is 3.60. The maximum absolute atomic E-state index is 12.7. The van der Waals surface area contributed by atoms with Crippen molar-refractivity contribution in [3.05, 3.63) is 58.9 Å². The van der Waals surface area contributed by atoms with E-state index in [0.29, 0.717) is 11.6 Å². The minimum Gasteiger partial charge on any atom is -0.449 e. The van der Waals surface area contributed by atoms with Crippen molar-refractivity contribution in [3.63, 3.8) is 0 Å². The molecule has 1 aromatic heterocycles. The fourth-order valence-electron chi connectivity index (χ4n) is 3.74. The maximum atomic E-state index is 12.7. The standard InChI is InChI=1S/C23H30N2O3/c1-5-9-21(18-10-7-6-8-11-18)24-22(26)17(4)28-23(27)20-14-15(2)25(16(20)3)19-12-13-19/h6-8,10-11,14,17,19,21H,5,9,12-13H2,1-4H3,(H,24,26)/t17-,21-/m1/s1. The van der Waals surface area contributed by atoms with Gasteiger partial charge in [0.15, 0.2) is 6.10 Å². The normalized spacial score (nSPS) is 15.7. The van der Waals surface area contributed by atoms with Crippen LogP contribution in [0.2, 0.25) is 0 Å². The van der Waals surface area contributed by atoms with Gasteiger partial charge in [0, 0.05) is 17.4 Å². The van der Waals surface area contributed by atoms with Gasteiger partial charge < -0.3 is 14.6 Å². The highest BCUT2D eigenvalue weighted by Crippen LogP contribution is 2.38. The van der Waals surface area contributed by atoms with E-state index in [-0.39, 0.29) is 11.9 Å². The summed E-state index contributed by atoms with van der Waals surface area (Å²) in [5, 5.41) is 3.03. The minimum atomic E-state index is -0.848. The van der Waals surface area contributed by atoms with E-state index >= 15 is 0 Å². The third-order valence-electron chi connectivity index (χ3n) is 5.37. The number of nitrogens with zero attached hydrogens (tertiary/aromatic N) is 1. The maximum Gasteiger partial charge on any atom is 0.340 e. The third-order valence-corrected chi connectivity index (χ3v) is 5.37. The highest BCUT2D eigenvalue weighted by atomic mass is 16.5. The summed E-state index contributed by atoms with van der Waals surface area (Å²) in [4.78, 5) is 25.3. The molecule has 1 heterocycles. The molecule has 1 saturated carbocycles. The van der Waals surface area contributed by atoms with Gasteiger partial charge in [-0.3, -0.25) is 4.79 Å². The molecule has 2 aromatic rings. The number of carbonyl (C=O) groups is 2. The van der Waals surface area contributed by atoms with Crippen molar-refractivity contribution in [1.82, 2.24) is 9.88 Å². The second-order valence-electron chi connectivity index (χ2n) is 7.69. The van der Waals surface area contributed by atoms with Gasteiger partial charge in [-0.25, -0.2) is 4.79 Å². The lowest BCUT2D eigenvalue weighted by Gasteiger charge is -2.21. The molecule has 1 amide bonds. The van der Waals surface area contributed by atoms with E-state index in [1.54, 1.807) is 6.92 Å². The molecule has 0 bridgehead atoms. The van der Waals surface area contributed by atoms with E-state index in [4.69, 9.17) is 4.74 Å². The zero-order valence-electron chi connectivity index (χ0n) is 17.2. The SMILES string of the molecule is CCC[C@@H](NC(=O)[C@@H](C)OC(=O)c1cc(C)n(C2CC2)c1C)c1ccccc1. The van der Waals surface area contributed by atoms with Crippen molar-refractivity contribution in [2.75, 3.05) is 0 Å². The van der Waals surface area contributed by atoms with Crippen LogP contribution in [-0.4, -0.2) is 22.5 Å². The van der Waals surface area contributed by atoms with E-state index in [0.717, 1.165) is 42.6 Å². The van der Waals surface area contributed by atoms with Gasteiger partial charge in [0.1, 0.15) is 0 Å². The molecular formula is C23H30N2O3. The molecule has 0 spiro atoms. The third kappa shape index (κ3) is 4.46. The minimum absolute atomic E-state index is 0.0835. The van der Waals surface area contributed by atoms with Crippen molar-refractivity contribution in [3.8, 4) is 0 Å². The molecule has 28 heavy (non-hydrogen) atoms. The number of ether oxygens (including phenoxy) is 1. The fourth-order valence-corrected chi connectivity index (χ4v) is 3.74. The predicted molar refractivity (Wildman–Crippen MR) is 109 cm³/mol. The average molecular weight is 383 g/mol. The smallest absolute Gasteiger partial charge is 0.340 e. The van der Waals surface area contributed by atoms with Gasteiger partial charge in [-0.05, 0) is 51.7 Å². The van der Waals surface area contributed by atoms with E-state index in [2.05, 4.69) is 16.8 Å². The van der Waals surface area contributed by atoms with E-state index in [9.17, 15) is 9.59 Å². The van der Waals surface area contributed by atoms with Crippen molar-refractivity contribution in [2.45, 2.75) is 71.6 Å². The lowest BCUT2D eigenvalue weighted by Crippen LogP contribution is -2.38. The number of benzene rings is 1. The number of hydrogen-bond acceptors (Lipinski definition) is 3. The van der Waals surface area contributed by atoms with Gasteiger partial charge in [-0.1, -0.05) is 43.7 Å². The van der Waals surface area contributed by atoms with Gasteiger partial charge in [-0.2, -0.15) is 0 Å². The van der Waals surface area contributed by atoms with Crippen molar-refractivity contribution < 1.29 is 14.3 Å². The first kappa shape index (κ1) is 20.2. The van der Waals surface area contributed by atoms with Crippen molar-refractivity contribution in [1.29, 1.82) is 0 Å². The Kier molecular flexibility index (Phi) is 6.22. The number of carbonyl (C=O) groups excluding carboxylic acids is 2. The van der Waals surface area contributed by atoms with Crippen LogP contribution < -0.4 is 5.32 Å². The molecule has 0 saturated heterocycles. The van der Waals surface area contributed by atoms with Crippen LogP contribution in [0.1, 0.15) is 78.9 Å². The van der Waals surface area contributed by atoms with Crippen LogP contribution in [-0.2, 0) is 9.53 Å². The highest BCUT2D eigenvalue weighted by Gasteiger charge is 2.30. The molecule has 1 fully saturated rings. The van der Waals surface area contributed by atoms with Crippen LogP contribution >= 0.6 is 0 Å². The summed E-state index contributed by atoms with van der Waals surface area (Å²) in [5.74, 6) is -0.707. The largest absolute Gasteiger partial charge is 0.449 e. The number of esters is 1. The van der Waals surface area contributed by atoms with Gasteiger partial charge in [0.05, 0.1) is 11.6 Å². The number of amides is 1. The van der Waals surface area contributed by atoms with Gasteiger partial charge in [0.25, 0.3) is 5.91 Å². The first-order valence-corrected chi connectivity index (χ1v) is 10.2. The number of aryl methyl sites for hydroxylation is 1.